The van der Waals surface area contributed by atoms with Crippen LogP contribution in [-0.2, 0) is 4.84 Å². The summed E-state index contributed by atoms with van der Waals surface area (Å²) in [7, 11) is 7.74. The molecule has 3 heterocycles. The standard InChI is InChI=1S/C34H41N3O9/c1-40-23-18-26(41-2)30-27(19-23)46-32(22-16-28(42-3)33(44-5)29(17-22)43-4)24(31(30)38)7-6-14-45-37-12-9-20(10-13-37)25-15-21(34(35)39)8-11-36-25/h8,11,15-20,31,38H,6-7,9-10,12-14H2,1-5H3,(H2,35,39). The Morgan fingerprint density at radius 3 is 2.26 bits per heavy atom. The molecular weight excluding hydrogens is 594 g/mol. The summed E-state index contributed by atoms with van der Waals surface area (Å²) in [6.07, 6.45) is 3.39. The normalized spacial score (nSPS) is 16.8. The Balaban J connectivity index is 1.33. The maximum atomic E-state index is 11.8. The minimum Gasteiger partial charge on any atom is -0.496 e. The number of fused-ring (bicyclic) bond motifs is 1. The number of ether oxygens (including phenoxy) is 6. The minimum absolute atomic E-state index is 0.230. The van der Waals surface area contributed by atoms with Gasteiger partial charge in [0.25, 0.3) is 0 Å². The highest BCUT2D eigenvalue weighted by atomic mass is 16.7. The quantitative estimate of drug-likeness (QED) is 0.253. The number of aromatic nitrogens is 1. The highest BCUT2D eigenvalue weighted by Crippen LogP contribution is 2.50. The maximum Gasteiger partial charge on any atom is 0.248 e. The predicted molar refractivity (Wildman–Crippen MR) is 170 cm³/mol. The number of piperidine rings is 1. The number of amides is 1. The molecule has 1 amide bonds. The molecule has 3 aromatic rings. The minimum atomic E-state index is -1.02. The van der Waals surface area contributed by atoms with E-state index in [1.165, 1.54) is 0 Å². The van der Waals surface area contributed by atoms with Crippen LogP contribution in [0.3, 0.4) is 0 Å². The van der Waals surface area contributed by atoms with Gasteiger partial charge in [-0.2, -0.15) is 5.06 Å². The molecule has 1 fully saturated rings. The molecule has 0 bridgehead atoms. The third-order valence-corrected chi connectivity index (χ3v) is 8.37. The zero-order chi connectivity index (χ0) is 32.8. The number of nitrogens with zero attached hydrogens (tertiary/aromatic N) is 2. The van der Waals surface area contributed by atoms with Crippen molar-refractivity contribution in [3.8, 4) is 34.5 Å². The molecule has 2 aliphatic rings. The second-order valence-electron chi connectivity index (χ2n) is 11.0. The Morgan fingerprint density at radius 1 is 0.957 bits per heavy atom. The lowest BCUT2D eigenvalue weighted by Crippen LogP contribution is -2.33. The van der Waals surface area contributed by atoms with Crippen LogP contribution in [-0.4, -0.2) is 76.3 Å². The number of aliphatic hydroxyl groups is 1. The second-order valence-corrected chi connectivity index (χ2v) is 11.0. The van der Waals surface area contributed by atoms with Crippen molar-refractivity contribution in [2.45, 2.75) is 37.7 Å². The van der Waals surface area contributed by atoms with Crippen LogP contribution in [0.25, 0.3) is 5.76 Å². The highest BCUT2D eigenvalue weighted by molar-refractivity contribution is 5.92. The molecule has 12 nitrogen and oxygen atoms in total. The number of aliphatic hydroxyl groups excluding tert-OH is 1. The summed E-state index contributed by atoms with van der Waals surface area (Å²) in [5.74, 6) is 3.02. The number of hydrogen-bond acceptors (Lipinski definition) is 11. The molecule has 3 N–H and O–H groups in total. The second kappa shape index (κ2) is 14.7. The van der Waals surface area contributed by atoms with Crippen LogP contribution < -0.4 is 34.2 Å². The van der Waals surface area contributed by atoms with E-state index in [0.717, 1.165) is 31.6 Å². The first-order valence-electron chi connectivity index (χ1n) is 15.1. The number of primary amides is 1. The lowest BCUT2D eigenvalue weighted by atomic mass is 9.90. The number of methoxy groups -OCH3 is 5. The van der Waals surface area contributed by atoms with Crippen LogP contribution >= 0.6 is 0 Å². The van der Waals surface area contributed by atoms with Crippen molar-refractivity contribution in [2.24, 2.45) is 5.73 Å². The van der Waals surface area contributed by atoms with E-state index in [9.17, 15) is 9.90 Å². The summed E-state index contributed by atoms with van der Waals surface area (Å²) in [6, 6.07) is 10.4. The van der Waals surface area contributed by atoms with Crippen LogP contribution in [0.2, 0.25) is 0 Å². The molecule has 5 rings (SSSR count). The largest absolute Gasteiger partial charge is 0.496 e. The Hall–Kier alpha value is -4.52. The number of nitrogens with two attached hydrogens (primary N) is 1. The molecule has 2 aliphatic heterocycles. The van der Waals surface area contributed by atoms with E-state index in [0.29, 0.717) is 82.0 Å². The van der Waals surface area contributed by atoms with Gasteiger partial charge >= 0.3 is 0 Å². The lowest BCUT2D eigenvalue weighted by Gasteiger charge is -2.31. The molecule has 0 radical (unpaired) electrons. The summed E-state index contributed by atoms with van der Waals surface area (Å²) < 4.78 is 34.3. The lowest BCUT2D eigenvalue weighted by molar-refractivity contribution is -0.171. The Bertz CT molecular complexity index is 1560. The van der Waals surface area contributed by atoms with E-state index in [1.807, 2.05) is 5.06 Å². The summed E-state index contributed by atoms with van der Waals surface area (Å²) in [6.45, 7) is 1.89. The van der Waals surface area contributed by atoms with Crippen molar-refractivity contribution in [1.82, 2.24) is 10.0 Å². The fourth-order valence-corrected chi connectivity index (χ4v) is 5.96. The van der Waals surface area contributed by atoms with Gasteiger partial charge in [0.2, 0.25) is 11.7 Å². The summed E-state index contributed by atoms with van der Waals surface area (Å²) in [4.78, 5) is 22.2. The van der Waals surface area contributed by atoms with Gasteiger partial charge in [0, 0.05) is 59.7 Å². The number of hydroxylamine groups is 2. The predicted octanol–water partition coefficient (Wildman–Crippen LogP) is 4.65. The molecule has 0 saturated carbocycles. The van der Waals surface area contributed by atoms with Crippen LogP contribution in [0.1, 0.15) is 64.9 Å². The number of pyridine rings is 1. The zero-order valence-corrected chi connectivity index (χ0v) is 26.8. The van der Waals surface area contributed by atoms with Crippen LogP contribution in [0.4, 0.5) is 0 Å². The summed E-state index contributed by atoms with van der Waals surface area (Å²) >= 11 is 0. The average Bonchev–Trinajstić information content (AvgIpc) is 3.09. The molecule has 0 spiro atoms. The fraction of sp³-hybridized carbons (Fsp3) is 0.412. The molecule has 0 aliphatic carbocycles. The van der Waals surface area contributed by atoms with Crippen LogP contribution in [0.15, 0.2) is 48.2 Å². The SMILES string of the molecule is COc1cc(OC)c2c(c1)OC(c1cc(OC)c(OC)c(OC)c1)=C(CCCON1CCC(c3cc(C(N)=O)ccn3)CC1)C2O. The van der Waals surface area contributed by atoms with E-state index in [-0.39, 0.29) is 5.92 Å². The van der Waals surface area contributed by atoms with Crippen molar-refractivity contribution in [1.29, 1.82) is 0 Å². The molecule has 1 unspecified atom stereocenters. The van der Waals surface area contributed by atoms with Gasteiger partial charge in [-0.15, -0.1) is 0 Å². The van der Waals surface area contributed by atoms with Gasteiger partial charge in [0.15, 0.2) is 11.5 Å². The maximum absolute atomic E-state index is 11.8. The molecule has 46 heavy (non-hydrogen) atoms. The van der Waals surface area contributed by atoms with Gasteiger partial charge < -0.3 is 39.3 Å². The first-order valence-corrected chi connectivity index (χ1v) is 15.1. The smallest absolute Gasteiger partial charge is 0.248 e. The van der Waals surface area contributed by atoms with Gasteiger partial charge in [-0.3, -0.25) is 14.6 Å². The molecule has 246 valence electrons. The summed E-state index contributed by atoms with van der Waals surface area (Å²) in [5, 5.41) is 13.7. The fourth-order valence-electron chi connectivity index (χ4n) is 5.96. The number of carbonyl (C=O) groups is 1. The first-order chi connectivity index (χ1) is 22.3. The van der Waals surface area contributed by atoms with Crippen LogP contribution in [0.5, 0.6) is 34.5 Å². The van der Waals surface area contributed by atoms with E-state index in [1.54, 1.807) is 78.1 Å². The monoisotopic (exact) mass is 635 g/mol. The Kier molecular flexibility index (Phi) is 10.5. The number of benzene rings is 2. The number of hydrogen-bond donors (Lipinski definition) is 2. The van der Waals surface area contributed by atoms with E-state index >= 15 is 0 Å². The van der Waals surface area contributed by atoms with Gasteiger partial charge in [0.1, 0.15) is 29.1 Å². The summed E-state index contributed by atoms with van der Waals surface area (Å²) in [5.41, 5.74) is 8.62. The Labute approximate surface area is 268 Å². The molecule has 1 atom stereocenters. The molecule has 2 aromatic carbocycles. The van der Waals surface area contributed by atoms with E-state index in [4.69, 9.17) is 39.0 Å². The van der Waals surface area contributed by atoms with Gasteiger partial charge in [-0.05, 0) is 49.9 Å². The molecular formula is C34H41N3O9. The van der Waals surface area contributed by atoms with E-state index in [2.05, 4.69) is 4.98 Å². The zero-order valence-electron chi connectivity index (χ0n) is 26.8. The first kappa shape index (κ1) is 32.9. The molecule has 1 aromatic heterocycles. The van der Waals surface area contributed by atoms with Crippen molar-refractivity contribution in [3.05, 3.63) is 70.6 Å². The van der Waals surface area contributed by atoms with E-state index < -0.39 is 12.0 Å². The van der Waals surface area contributed by atoms with Crippen molar-refractivity contribution >= 4 is 11.7 Å². The number of rotatable bonds is 13. The third-order valence-electron chi connectivity index (χ3n) is 8.37. The third kappa shape index (κ3) is 6.84. The number of carbonyl (C=O) groups excluding carboxylic acids is 1. The van der Waals surface area contributed by atoms with Crippen molar-refractivity contribution in [3.63, 3.8) is 0 Å². The van der Waals surface area contributed by atoms with Gasteiger partial charge in [0.05, 0.1) is 47.7 Å². The highest BCUT2D eigenvalue weighted by Gasteiger charge is 2.33. The van der Waals surface area contributed by atoms with Crippen LogP contribution in [0, 0.1) is 0 Å². The topological polar surface area (TPSA) is 144 Å². The molecule has 12 heteroatoms. The van der Waals surface area contributed by atoms with Gasteiger partial charge in [-0.25, -0.2) is 0 Å². The average molecular weight is 636 g/mol. The molecule has 1 saturated heterocycles. The Morgan fingerprint density at radius 2 is 1.65 bits per heavy atom. The van der Waals surface area contributed by atoms with Crippen molar-refractivity contribution < 1.29 is 43.2 Å². The van der Waals surface area contributed by atoms with Crippen molar-refractivity contribution in [2.75, 3.05) is 55.2 Å². The van der Waals surface area contributed by atoms with Gasteiger partial charge in [-0.1, -0.05) is 0 Å².